The molecule has 0 aliphatic heterocycles. The monoisotopic (exact) mass is 247 g/mol. The lowest BCUT2D eigenvalue weighted by atomic mass is 10.2. The van der Waals surface area contributed by atoms with E-state index in [2.05, 4.69) is 4.98 Å². The number of ether oxygens (including phenoxy) is 1. The van der Waals surface area contributed by atoms with Gasteiger partial charge in [-0.05, 0) is 12.1 Å². The molecule has 18 heavy (non-hydrogen) atoms. The quantitative estimate of drug-likeness (QED) is 0.878. The first-order valence-corrected chi connectivity index (χ1v) is 5.50. The molecular formula is C13H13NO4. The van der Waals surface area contributed by atoms with Gasteiger partial charge in [0.15, 0.2) is 11.7 Å². The Morgan fingerprint density at radius 3 is 3.06 bits per heavy atom. The fraction of sp³-hybridized carbons (Fsp3) is 0.231. The molecule has 0 atom stereocenters. The van der Waals surface area contributed by atoms with Crippen LogP contribution < -0.4 is 4.74 Å². The number of methoxy groups -OCH3 is 1. The number of carbonyl (C=O) groups is 1. The lowest BCUT2D eigenvalue weighted by molar-refractivity contribution is -0.137. The normalized spacial score (nSPS) is 10.3. The summed E-state index contributed by atoms with van der Waals surface area (Å²) in [5, 5.41) is 8.58. The van der Waals surface area contributed by atoms with Gasteiger partial charge in [-0.1, -0.05) is 12.1 Å². The van der Waals surface area contributed by atoms with E-state index in [1.807, 2.05) is 24.3 Å². The second-order valence-corrected chi connectivity index (χ2v) is 3.74. The molecule has 2 rings (SSSR count). The molecule has 1 heterocycles. The van der Waals surface area contributed by atoms with Gasteiger partial charge in [0.05, 0.1) is 19.7 Å². The van der Waals surface area contributed by atoms with E-state index in [0.717, 1.165) is 11.3 Å². The van der Waals surface area contributed by atoms with Crippen LogP contribution in [0, 0.1) is 0 Å². The van der Waals surface area contributed by atoms with Crippen LogP contribution in [0.5, 0.6) is 5.75 Å². The van der Waals surface area contributed by atoms with Crippen molar-refractivity contribution in [2.75, 3.05) is 7.11 Å². The van der Waals surface area contributed by atoms with Gasteiger partial charge in [0.1, 0.15) is 5.75 Å². The molecule has 2 aromatic rings. The summed E-state index contributed by atoms with van der Waals surface area (Å²) >= 11 is 0. The zero-order valence-corrected chi connectivity index (χ0v) is 9.92. The van der Waals surface area contributed by atoms with Gasteiger partial charge in [-0.2, -0.15) is 0 Å². The van der Waals surface area contributed by atoms with Crippen molar-refractivity contribution >= 4 is 5.97 Å². The smallest absolute Gasteiger partial charge is 0.303 e. The number of aryl methyl sites for hydroxylation is 1. The Morgan fingerprint density at radius 1 is 1.50 bits per heavy atom. The average molecular weight is 247 g/mol. The first-order chi connectivity index (χ1) is 8.69. The molecule has 0 amide bonds. The number of hydrogen-bond acceptors (Lipinski definition) is 4. The predicted octanol–water partition coefficient (Wildman–Crippen LogP) is 2.37. The van der Waals surface area contributed by atoms with E-state index < -0.39 is 5.97 Å². The Bertz CT molecular complexity index is 547. The van der Waals surface area contributed by atoms with E-state index in [-0.39, 0.29) is 6.42 Å². The summed E-state index contributed by atoms with van der Waals surface area (Å²) in [6.07, 6.45) is 1.89. The van der Waals surface area contributed by atoms with E-state index in [0.29, 0.717) is 18.1 Å². The number of aromatic nitrogens is 1. The number of carboxylic acid groups (broad SMARTS) is 1. The summed E-state index contributed by atoms with van der Waals surface area (Å²) in [4.78, 5) is 14.5. The first-order valence-electron chi connectivity index (χ1n) is 5.50. The number of aliphatic carboxylic acids is 1. The minimum absolute atomic E-state index is 0.0120. The molecule has 0 spiro atoms. The molecular weight excluding hydrogens is 234 g/mol. The standard InChI is InChI=1S/C13H13NO4/c1-17-10-4-2-3-9(7-10)11-8-14-12(18-11)5-6-13(15)16/h2-4,7-8H,5-6H2,1H3,(H,15,16). The van der Waals surface area contributed by atoms with Gasteiger partial charge in [0.25, 0.3) is 0 Å². The van der Waals surface area contributed by atoms with Crippen molar-refractivity contribution in [3.8, 4) is 17.1 Å². The highest BCUT2D eigenvalue weighted by Gasteiger charge is 2.08. The Morgan fingerprint density at radius 2 is 2.33 bits per heavy atom. The van der Waals surface area contributed by atoms with Crippen LogP contribution in [0.1, 0.15) is 12.3 Å². The van der Waals surface area contributed by atoms with Gasteiger partial charge in [-0.15, -0.1) is 0 Å². The Labute approximate surface area is 104 Å². The SMILES string of the molecule is COc1cccc(-c2cnc(CCC(=O)O)o2)c1. The lowest BCUT2D eigenvalue weighted by Gasteiger charge is -2.01. The summed E-state index contributed by atoms with van der Waals surface area (Å²) in [5.41, 5.74) is 0.850. The van der Waals surface area contributed by atoms with Crippen molar-refractivity contribution < 1.29 is 19.1 Å². The fourth-order valence-electron chi connectivity index (χ4n) is 1.55. The van der Waals surface area contributed by atoms with Crippen molar-refractivity contribution in [3.05, 3.63) is 36.4 Å². The van der Waals surface area contributed by atoms with Crippen LogP contribution in [-0.2, 0) is 11.2 Å². The van der Waals surface area contributed by atoms with Crippen LogP contribution in [0.4, 0.5) is 0 Å². The molecule has 94 valence electrons. The van der Waals surface area contributed by atoms with Crippen LogP contribution in [0.3, 0.4) is 0 Å². The Balaban J connectivity index is 2.15. The molecule has 0 radical (unpaired) electrons. The molecule has 5 heteroatoms. The molecule has 0 unspecified atom stereocenters. The summed E-state index contributed by atoms with van der Waals surface area (Å²) in [6.45, 7) is 0. The van der Waals surface area contributed by atoms with Crippen molar-refractivity contribution in [1.82, 2.24) is 4.98 Å². The molecule has 1 aromatic carbocycles. The molecule has 0 saturated heterocycles. The van der Waals surface area contributed by atoms with Gasteiger partial charge in [-0.25, -0.2) is 4.98 Å². The van der Waals surface area contributed by atoms with Crippen LogP contribution in [0.2, 0.25) is 0 Å². The molecule has 1 aromatic heterocycles. The van der Waals surface area contributed by atoms with Crippen molar-refractivity contribution in [2.24, 2.45) is 0 Å². The minimum Gasteiger partial charge on any atom is -0.497 e. The van der Waals surface area contributed by atoms with E-state index in [4.69, 9.17) is 14.3 Å². The van der Waals surface area contributed by atoms with E-state index in [1.165, 1.54) is 0 Å². The third-order valence-electron chi connectivity index (χ3n) is 2.46. The Kier molecular flexibility index (Phi) is 3.62. The maximum Gasteiger partial charge on any atom is 0.303 e. The van der Waals surface area contributed by atoms with Gasteiger partial charge in [0, 0.05) is 12.0 Å². The third kappa shape index (κ3) is 2.88. The fourth-order valence-corrected chi connectivity index (χ4v) is 1.55. The van der Waals surface area contributed by atoms with Gasteiger partial charge in [-0.3, -0.25) is 4.79 Å². The number of hydrogen-bond donors (Lipinski definition) is 1. The van der Waals surface area contributed by atoms with Gasteiger partial charge in [0.2, 0.25) is 0 Å². The highest BCUT2D eigenvalue weighted by atomic mass is 16.5. The van der Waals surface area contributed by atoms with E-state index in [9.17, 15) is 4.79 Å². The molecule has 0 saturated carbocycles. The zero-order chi connectivity index (χ0) is 13.0. The topological polar surface area (TPSA) is 72.6 Å². The number of benzene rings is 1. The van der Waals surface area contributed by atoms with Crippen LogP contribution >= 0.6 is 0 Å². The summed E-state index contributed by atoms with van der Waals surface area (Å²) < 4.78 is 10.6. The predicted molar refractivity (Wildman–Crippen MR) is 64.4 cm³/mol. The zero-order valence-electron chi connectivity index (χ0n) is 9.92. The van der Waals surface area contributed by atoms with Crippen molar-refractivity contribution in [1.29, 1.82) is 0 Å². The Hall–Kier alpha value is -2.30. The molecule has 0 bridgehead atoms. The third-order valence-corrected chi connectivity index (χ3v) is 2.46. The minimum atomic E-state index is -0.865. The summed E-state index contributed by atoms with van der Waals surface area (Å²) in [6, 6.07) is 7.41. The lowest BCUT2D eigenvalue weighted by Crippen LogP contribution is -1.97. The highest BCUT2D eigenvalue weighted by molar-refractivity contribution is 5.67. The second-order valence-electron chi connectivity index (χ2n) is 3.74. The maximum atomic E-state index is 10.4. The number of carboxylic acids is 1. The van der Waals surface area contributed by atoms with Crippen molar-refractivity contribution in [3.63, 3.8) is 0 Å². The van der Waals surface area contributed by atoms with Crippen LogP contribution in [0.15, 0.2) is 34.9 Å². The van der Waals surface area contributed by atoms with E-state index >= 15 is 0 Å². The van der Waals surface area contributed by atoms with Crippen molar-refractivity contribution in [2.45, 2.75) is 12.8 Å². The molecule has 0 aliphatic carbocycles. The first kappa shape index (κ1) is 12.2. The average Bonchev–Trinajstić information content (AvgIpc) is 2.85. The van der Waals surface area contributed by atoms with Crippen LogP contribution in [0.25, 0.3) is 11.3 Å². The molecule has 0 fully saturated rings. The molecule has 1 N–H and O–H groups in total. The largest absolute Gasteiger partial charge is 0.497 e. The molecule has 5 nitrogen and oxygen atoms in total. The highest BCUT2D eigenvalue weighted by Crippen LogP contribution is 2.24. The maximum absolute atomic E-state index is 10.4. The molecule has 0 aliphatic rings. The summed E-state index contributed by atoms with van der Waals surface area (Å²) in [7, 11) is 1.60. The summed E-state index contributed by atoms with van der Waals surface area (Å²) in [5.74, 6) is 0.900. The number of oxazole rings is 1. The van der Waals surface area contributed by atoms with E-state index in [1.54, 1.807) is 13.3 Å². The van der Waals surface area contributed by atoms with Gasteiger partial charge < -0.3 is 14.3 Å². The van der Waals surface area contributed by atoms with Gasteiger partial charge >= 0.3 is 5.97 Å². The van der Waals surface area contributed by atoms with Crippen LogP contribution in [-0.4, -0.2) is 23.2 Å². The number of nitrogens with zero attached hydrogens (tertiary/aromatic N) is 1. The number of rotatable bonds is 5. The second kappa shape index (κ2) is 5.35.